The maximum atomic E-state index is 12.1. The third-order valence-corrected chi connectivity index (χ3v) is 4.75. The largest absolute Gasteiger partial charge is 0.481 e. The topological polar surface area (TPSA) is 113 Å². The van der Waals surface area contributed by atoms with E-state index >= 15 is 0 Å². The highest BCUT2D eigenvalue weighted by atomic mass is 32.2. The molecule has 0 unspecified atom stereocenters. The van der Waals surface area contributed by atoms with Gasteiger partial charge in [-0.2, -0.15) is 0 Å². The molecule has 8 heteroatoms. The van der Waals surface area contributed by atoms with E-state index in [1.807, 2.05) is 0 Å². The van der Waals surface area contributed by atoms with E-state index in [9.17, 15) is 18.0 Å². The van der Waals surface area contributed by atoms with Crippen LogP contribution in [0.1, 0.15) is 12.8 Å². The van der Waals surface area contributed by atoms with E-state index in [-0.39, 0.29) is 17.7 Å². The maximum Gasteiger partial charge on any atom is 0.303 e. The molecule has 0 saturated heterocycles. The Morgan fingerprint density at radius 2 is 1.70 bits per heavy atom. The average molecular weight is 336 g/mol. The molecule has 0 heterocycles. The number of fused-ring (bicyclic) bond motifs is 1. The highest BCUT2D eigenvalue weighted by Crippen LogP contribution is 2.28. The van der Waals surface area contributed by atoms with Gasteiger partial charge in [0.25, 0.3) is 0 Å². The summed E-state index contributed by atoms with van der Waals surface area (Å²) in [6.45, 7) is 0. The van der Waals surface area contributed by atoms with E-state index < -0.39 is 21.9 Å². The number of carboxylic acids is 1. The normalized spacial score (nSPS) is 11.3. The molecule has 122 valence electrons. The predicted molar refractivity (Wildman–Crippen MR) is 85.7 cm³/mol. The molecule has 0 radical (unpaired) electrons. The summed E-state index contributed by atoms with van der Waals surface area (Å²) >= 11 is 0. The lowest BCUT2D eigenvalue weighted by Gasteiger charge is -2.11. The van der Waals surface area contributed by atoms with Crippen LogP contribution in [0.2, 0.25) is 0 Å². The molecule has 0 aliphatic rings. The van der Waals surface area contributed by atoms with Crippen LogP contribution in [-0.4, -0.2) is 32.4 Å². The molecule has 0 saturated carbocycles. The summed E-state index contributed by atoms with van der Waals surface area (Å²) in [4.78, 5) is 22.4. The number of benzene rings is 2. The summed E-state index contributed by atoms with van der Waals surface area (Å²) in [5.41, 5.74) is 0.436. The minimum atomic E-state index is -3.63. The first kappa shape index (κ1) is 16.9. The molecule has 0 spiro atoms. The molecule has 0 aromatic heterocycles. The third-order valence-electron chi connectivity index (χ3n) is 3.28. The molecule has 7 nitrogen and oxygen atoms in total. The second kappa shape index (κ2) is 6.76. The molecule has 0 atom stereocenters. The quantitative estimate of drug-likeness (QED) is 0.741. The Balaban J connectivity index is 2.42. The average Bonchev–Trinajstić information content (AvgIpc) is 2.52. The smallest absolute Gasteiger partial charge is 0.303 e. The van der Waals surface area contributed by atoms with Crippen LogP contribution >= 0.6 is 0 Å². The Kier molecular flexibility index (Phi) is 4.97. The molecular weight excluding hydrogens is 320 g/mol. The van der Waals surface area contributed by atoms with Gasteiger partial charge in [0.1, 0.15) is 0 Å². The van der Waals surface area contributed by atoms with Crippen molar-refractivity contribution in [3.63, 3.8) is 0 Å². The van der Waals surface area contributed by atoms with Crippen LogP contribution in [0.4, 0.5) is 5.69 Å². The minimum Gasteiger partial charge on any atom is -0.481 e. The summed E-state index contributed by atoms with van der Waals surface area (Å²) in [5.74, 6) is -1.50. The second-order valence-corrected chi connectivity index (χ2v) is 6.66. The highest BCUT2D eigenvalue weighted by molar-refractivity contribution is 7.89. The summed E-state index contributed by atoms with van der Waals surface area (Å²) in [5, 5.41) is 12.3. The van der Waals surface area contributed by atoms with Gasteiger partial charge in [-0.05, 0) is 19.2 Å². The molecule has 0 aliphatic carbocycles. The van der Waals surface area contributed by atoms with E-state index in [0.717, 1.165) is 0 Å². The molecule has 23 heavy (non-hydrogen) atoms. The number of anilines is 1. The van der Waals surface area contributed by atoms with Crippen molar-refractivity contribution >= 4 is 38.4 Å². The van der Waals surface area contributed by atoms with Crippen molar-refractivity contribution < 1.29 is 23.1 Å². The van der Waals surface area contributed by atoms with Crippen molar-refractivity contribution in [3.05, 3.63) is 36.4 Å². The summed E-state index contributed by atoms with van der Waals surface area (Å²) < 4.78 is 26.4. The van der Waals surface area contributed by atoms with Crippen LogP contribution in [0.15, 0.2) is 41.3 Å². The summed E-state index contributed by atoms with van der Waals surface area (Å²) in [6, 6.07) is 9.66. The fourth-order valence-corrected chi connectivity index (χ4v) is 3.11. The SMILES string of the molecule is CNS(=O)(=O)c1cccc2c(NC(=O)CCC(=O)O)cccc12. The first-order valence-electron chi connectivity index (χ1n) is 6.82. The van der Waals surface area contributed by atoms with E-state index in [1.165, 1.54) is 13.1 Å². The van der Waals surface area contributed by atoms with Crippen molar-refractivity contribution in [1.29, 1.82) is 0 Å². The number of aliphatic carboxylic acids is 1. The fourth-order valence-electron chi connectivity index (χ4n) is 2.17. The van der Waals surface area contributed by atoms with Crippen molar-refractivity contribution in [2.45, 2.75) is 17.7 Å². The van der Waals surface area contributed by atoms with Crippen molar-refractivity contribution in [3.8, 4) is 0 Å². The van der Waals surface area contributed by atoms with Crippen LogP contribution in [0.5, 0.6) is 0 Å². The Labute approximate surface area is 133 Å². The zero-order valence-electron chi connectivity index (χ0n) is 12.4. The lowest BCUT2D eigenvalue weighted by atomic mass is 10.1. The van der Waals surface area contributed by atoms with Crippen molar-refractivity contribution in [2.24, 2.45) is 0 Å². The van der Waals surface area contributed by atoms with Gasteiger partial charge < -0.3 is 10.4 Å². The van der Waals surface area contributed by atoms with Crippen molar-refractivity contribution in [1.82, 2.24) is 4.72 Å². The van der Waals surface area contributed by atoms with Gasteiger partial charge in [0.2, 0.25) is 15.9 Å². The zero-order chi connectivity index (χ0) is 17.0. The highest BCUT2D eigenvalue weighted by Gasteiger charge is 2.16. The monoisotopic (exact) mass is 336 g/mol. The first-order chi connectivity index (χ1) is 10.8. The molecule has 1 amide bonds. The Morgan fingerprint density at radius 1 is 1.04 bits per heavy atom. The molecule has 3 N–H and O–H groups in total. The van der Waals surface area contributed by atoms with Crippen molar-refractivity contribution in [2.75, 3.05) is 12.4 Å². The standard InChI is InChI=1S/C15H16N2O5S/c1-16-23(21,22)13-7-3-4-10-11(13)5-2-6-12(10)17-14(18)8-9-15(19)20/h2-7,16H,8-9H2,1H3,(H,17,18)(H,19,20). The number of amides is 1. The van der Waals surface area contributed by atoms with Gasteiger partial charge in [-0.15, -0.1) is 0 Å². The van der Waals surface area contributed by atoms with Gasteiger partial charge in [0.05, 0.1) is 11.3 Å². The first-order valence-corrected chi connectivity index (χ1v) is 8.30. The number of carboxylic acid groups (broad SMARTS) is 1. The number of hydrogen-bond donors (Lipinski definition) is 3. The lowest BCUT2D eigenvalue weighted by Crippen LogP contribution is -2.19. The predicted octanol–water partition coefficient (Wildman–Crippen LogP) is 1.55. The van der Waals surface area contributed by atoms with Crippen LogP contribution in [0.3, 0.4) is 0 Å². The molecule has 0 fully saturated rings. The van der Waals surface area contributed by atoms with Crippen LogP contribution in [-0.2, 0) is 19.6 Å². The maximum absolute atomic E-state index is 12.1. The van der Waals surface area contributed by atoms with E-state index in [0.29, 0.717) is 16.5 Å². The summed E-state index contributed by atoms with van der Waals surface area (Å²) in [6.07, 6.45) is -0.420. The van der Waals surface area contributed by atoms with Crippen LogP contribution in [0.25, 0.3) is 10.8 Å². The second-order valence-electron chi connectivity index (χ2n) is 4.81. The van der Waals surface area contributed by atoms with Gasteiger partial charge in [0, 0.05) is 22.9 Å². The van der Waals surface area contributed by atoms with Crippen LogP contribution in [0, 0.1) is 0 Å². The Hall–Kier alpha value is -2.45. The molecule has 2 rings (SSSR count). The number of carbonyl (C=O) groups is 2. The zero-order valence-corrected chi connectivity index (χ0v) is 13.2. The summed E-state index contributed by atoms with van der Waals surface area (Å²) in [7, 11) is -2.31. The van der Waals surface area contributed by atoms with Gasteiger partial charge in [-0.1, -0.05) is 24.3 Å². The molecular formula is C15H16N2O5S. The molecule has 2 aromatic rings. The Morgan fingerprint density at radius 3 is 2.35 bits per heavy atom. The fraction of sp³-hybridized carbons (Fsp3) is 0.200. The van der Waals surface area contributed by atoms with Gasteiger partial charge in [-0.3, -0.25) is 9.59 Å². The number of carbonyl (C=O) groups excluding carboxylic acids is 1. The van der Waals surface area contributed by atoms with Gasteiger partial charge >= 0.3 is 5.97 Å². The van der Waals surface area contributed by atoms with Crippen LogP contribution < -0.4 is 10.0 Å². The minimum absolute atomic E-state index is 0.110. The molecule has 0 aliphatic heterocycles. The van der Waals surface area contributed by atoms with Gasteiger partial charge in [0.15, 0.2) is 0 Å². The number of hydrogen-bond acceptors (Lipinski definition) is 4. The number of nitrogens with one attached hydrogen (secondary N) is 2. The van der Waals surface area contributed by atoms with Gasteiger partial charge in [-0.25, -0.2) is 13.1 Å². The molecule has 0 bridgehead atoms. The van der Waals surface area contributed by atoms with E-state index in [1.54, 1.807) is 30.3 Å². The molecule has 2 aromatic carbocycles. The number of rotatable bonds is 6. The third kappa shape index (κ3) is 3.85. The number of sulfonamides is 1. The van der Waals surface area contributed by atoms with E-state index in [2.05, 4.69) is 10.0 Å². The lowest BCUT2D eigenvalue weighted by molar-refractivity contribution is -0.138. The van der Waals surface area contributed by atoms with E-state index in [4.69, 9.17) is 5.11 Å². The Bertz CT molecular complexity index is 861.